The Balaban J connectivity index is 1.98. The van der Waals surface area contributed by atoms with E-state index in [2.05, 4.69) is 0 Å². The topological polar surface area (TPSA) is 40.5 Å². The average molecular weight is 182 g/mol. The van der Waals surface area contributed by atoms with Gasteiger partial charge >= 0.3 is 0 Å². The normalized spacial score (nSPS) is 59.5. The minimum absolute atomic E-state index is 0.408. The van der Waals surface area contributed by atoms with E-state index in [-0.39, 0.29) is 0 Å². The van der Waals surface area contributed by atoms with Gasteiger partial charge in [-0.1, -0.05) is 0 Å². The molecule has 4 aliphatic carbocycles. The Morgan fingerprint density at radius 3 is 1.54 bits per heavy atom. The van der Waals surface area contributed by atoms with E-state index in [0.29, 0.717) is 11.8 Å². The Hall–Kier alpha value is -0.0800. The van der Waals surface area contributed by atoms with E-state index in [0.717, 1.165) is 38.5 Å². The first-order valence-electron chi connectivity index (χ1n) is 5.52. The summed E-state index contributed by atoms with van der Waals surface area (Å²) in [6.45, 7) is 0. The molecule has 0 saturated heterocycles. The fourth-order valence-corrected chi connectivity index (χ4v) is 4.14. The number of rotatable bonds is 0. The summed E-state index contributed by atoms with van der Waals surface area (Å²) in [5.74, 6) is 1.20. The lowest BCUT2D eigenvalue weighted by Gasteiger charge is -2.44. The van der Waals surface area contributed by atoms with Crippen molar-refractivity contribution < 1.29 is 10.2 Å². The van der Waals surface area contributed by atoms with Gasteiger partial charge in [-0.3, -0.25) is 0 Å². The highest BCUT2D eigenvalue weighted by atomic mass is 16.3. The van der Waals surface area contributed by atoms with Crippen molar-refractivity contribution in [1.82, 2.24) is 0 Å². The van der Waals surface area contributed by atoms with Crippen molar-refractivity contribution in [3.63, 3.8) is 0 Å². The second-order valence-electron chi connectivity index (χ2n) is 5.73. The molecule has 2 nitrogen and oxygen atoms in total. The van der Waals surface area contributed by atoms with Gasteiger partial charge in [-0.15, -0.1) is 0 Å². The van der Waals surface area contributed by atoms with Crippen molar-refractivity contribution in [3.05, 3.63) is 0 Å². The average Bonchev–Trinajstić information content (AvgIpc) is 2.11. The zero-order valence-corrected chi connectivity index (χ0v) is 8.00. The Morgan fingerprint density at radius 2 is 1.15 bits per heavy atom. The molecule has 0 aromatic carbocycles. The molecule has 2 N–H and O–H groups in total. The Morgan fingerprint density at radius 1 is 0.769 bits per heavy atom. The summed E-state index contributed by atoms with van der Waals surface area (Å²) < 4.78 is 0. The summed E-state index contributed by atoms with van der Waals surface area (Å²) in [5, 5.41) is 20.6. The summed E-state index contributed by atoms with van der Waals surface area (Å²) in [7, 11) is 0. The summed E-state index contributed by atoms with van der Waals surface area (Å²) in [6, 6.07) is 0. The molecule has 2 heteroatoms. The van der Waals surface area contributed by atoms with Crippen molar-refractivity contribution in [3.8, 4) is 0 Å². The van der Waals surface area contributed by atoms with Gasteiger partial charge in [0.1, 0.15) is 0 Å². The van der Waals surface area contributed by atoms with Crippen LogP contribution in [0.1, 0.15) is 44.9 Å². The highest BCUT2D eigenvalue weighted by molar-refractivity contribution is 5.04. The molecule has 0 spiro atoms. The van der Waals surface area contributed by atoms with E-state index < -0.39 is 11.2 Å². The van der Waals surface area contributed by atoms with Crippen LogP contribution in [-0.2, 0) is 0 Å². The highest BCUT2D eigenvalue weighted by Gasteiger charge is 2.51. The minimum atomic E-state index is -0.408. The third kappa shape index (κ3) is 1.23. The zero-order valence-electron chi connectivity index (χ0n) is 8.00. The van der Waals surface area contributed by atoms with Crippen molar-refractivity contribution in [1.29, 1.82) is 0 Å². The van der Waals surface area contributed by atoms with E-state index >= 15 is 0 Å². The molecule has 4 saturated carbocycles. The fraction of sp³-hybridized carbons (Fsp3) is 1.00. The molecular formula is C11H18O2. The van der Waals surface area contributed by atoms with Gasteiger partial charge in [-0.25, -0.2) is 0 Å². The number of hydrogen-bond donors (Lipinski definition) is 2. The summed E-state index contributed by atoms with van der Waals surface area (Å²) in [6.07, 6.45) is 6.72. The Bertz CT molecular complexity index is 200. The highest BCUT2D eigenvalue weighted by Crippen LogP contribution is 2.54. The molecule has 0 heterocycles. The lowest BCUT2D eigenvalue weighted by molar-refractivity contribution is -0.0709. The van der Waals surface area contributed by atoms with Gasteiger partial charge in [0.15, 0.2) is 0 Å². The smallest absolute Gasteiger partial charge is 0.0654 e. The van der Waals surface area contributed by atoms with Crippen molar-refractivity contribution >= 4 is 0 Å². The van der Waals surface area contributed by atoms with E-state index in [1.165, 1.54) is 6.42 Å². The first kappa shape index (κ1) is 8.25. The van der Waals surface area contributed by atoms with Gasteiger partial charge < -0.3 is 10.2 Å². The molecule has 0 aromatic heterocycles. The minimum Gasteiger partial charge on any atom is -0.390 e. The lowest BCUT2D eigenvalue weighted by atomic mass is 9.65. The molecule has 4 bridgehead atoms. The monoisotopic (exact) mass is 182 g/mol. The maximum absolute atomic E-state index is 10.3. The van der Waals surface area contributed by atoms with Crippen LogP contribution >= 0.6 is 0 Å². The first-order chi connectivity index (χ1) is 6.07. The SMILES string of the molecule is OC12CCC3(O)CC(CC(C1)C3)C2. The molecule has 0 amide bonds. The van der Waals surface area contributed by atoms with Gasteiger partial charge in [-0.05, 0) is 56.8 Å². The van der Waals surface area contributed by atoms with Crippen LogP contribution in [-0.4, -0.2) is 21.4 Å². The Labute approximate surface area is 79.0 Å². The molecule has 4 aliphatic rings. The largest absolute Gasteiger partial charge is 0.390 e. The fourth-order valence-electron chi connectivity index (χ4n) is 4.14. The molecule has 74 valence electrons. The molecule has 13 heavy (non-hydrogen) atoms. The number of hydrogen-bond acceptors (Lipinski definition) is 2. The van der Waals surface area contributed by atoms with E-state index in [1.807, 2.05) is 0 Å². The van der Waals surface area contributed by atoms with Gasteiger partial charge in [0.05, 0.1) is 11.2 Å². The molecule has 0 unspecified atom stereocenters. The molecule has 0 atom stereocenters. The van der Waals surface area contributed by atoms with Crippen molar-refractivity contribution in [2.45, 2.75) is 56.1 Å². The van der Waals surface area contributed by atoms with Crippen LogP contribution in [0.15, 0.2) is 0 Å². The standard InChI is InChI=1S/C11H18O2/c12-10-1-2-11(13)6-8(4-10)3-9(5-10)7-11/h8-9,12-13H,1-7H2. The molecule has 4 fully saturated rings. The van der Waals surface area contributed by atoms with Gasteiger partial charge in [0, 0.05) is 0 Å². The summed E-state index contributed by atoms with van der Waals surface area (Å²) in [5.41, 5.74) is -0.816. The van der Waals surface area contributed by atoms with Crippen LogP contribution in [0.4, 0.5) is 0 Å². The predicted molar refractivity (Wildman–Crippen MR) is 49.2 cm³/mol. The van der Waals surface area contributed by atoms with Gasteiger partial charge in [-0.2, -0.15) is 0 Å². The molecule has 4 rings (SSSR count). The summed E-state index contributed by atoms with van der Waals surface area (Å²) >= 11 is 0. The maximum atomic E-state index is 10.3. The van der Waals surface area contributed by atoms with Crippen LogP contribution in [0.3, 0.4) is 0 Å². The quantitative estimate of drug-likeness (QED) is 0.595. The second-order valence-corrected chi connectivity index (χ2v) is 5.73. The Kier molecular flexibility index (Phi) is 1.45. The molecular weight excluding hydrogens is 164 g/mol. The first-order valence-corrected chi connectivity index (χ1v) is 5.52. The molecule has 0 radical (unpaired) electrons. The lowest BCUT2D eigenvalue weighted by Crippen LogP contribution is -2.42. The number of aliphatic hydroxyl groups is 2. The van der Waals surface area contributed by atoms with Crippen LogP contribution < -0.4 is 0 Å². The third-order valence-corrected chi connectivity index (χ3v) is 4.40. The van der Waals surface area contributed by atoms with Crippen LogP contribution in [0.2, 0.25) is 0 Å². The van der Waals surface area contributed by atoms with Crippen LogP contribution in [0.25, 0.3) is 0 Å². The van der Waals surface area contributed by atoms with Crippen LogP contribution in [0.5, 0.6) is 0 Å². The predicted octanol–water partition coefficient (Wildman–Crippen LogP) is 1.45. The zero-order chi connectivity index (χ0) is 9.10. The van der Waals surface area contributed by atoms with E-state index in [4.69, 9.17) is 0 Å². The van der Waals surface area contributed by atoms with Crippen LogP contribution in [0, 0.1) is 11.8 Å². The van der Waals surface area contributed by atoms with Crippen molar-refractivity contribution in [2.24, 2.45) is 11.8 Å². The van der Waals surface area contributed by atoms with Crippen molar-refractivity contribution in [2.75, 3.05) is 0 Å². The molecule has 0 aromatic rings. The molecule has 0 aliphatic heterocycles. The second kappa shape index (κ2) is 2.29. The van der Waals surface area contributed by atoms with E-state index in [9.17, 15) is 10.2 Å². The summed E-state index contributed by atoms with van der Waals surface area (Å²) in [4.78, 5) is 0. The number of fused-ring (bicyclic) bond motifs is 1. The van der Waals surface area contributed by atoms with Gasteiger partial charge in [0.2, 0.25) is 0 Å². The maximum Gasteiger partial charge on any atom is 0.0654 e. The van der Waals surface area contributed by atoms with E-state index in [1.54, 1.807) is 0 Å². The van der Waals surface area contributed by atoms with Gasteiger partial charge in [0.25, 0.3) is 0 Å². The third-order valence-electron chi connectivity index (χ3n) is 4.40.